The fourth-order valence-corrected chi connectivity index (χ4v) is 3.60. The highest BCUT2D eigenvalue weighted by molar-refractivity contribution is 5.99. The Hall–Kier alpha value is -2.90. The molecule has 1 fully saturated rings. The SMILES string of the molecule is COc1ccc(/C(C)=N/NC(=O)CCN2CCN(Cc3ccccc3)CC2)cc1OC. The monoisotopic (exact) mass is 424 g/mol. The molecule has 2 aromatic carbocycles. The summed E-state index contributed by atoms with van der Waals surface area (Å²) < 4.78 is 10.6. The van der Waals surface area contributed by atoms with Gasteiger partial charge in [0.2, 0.25) is 5.91 Å². The summed E-state index contributed by atoms with van der Waals surface area (Å²) in [5, 5.41) is 4.24. The van der Waals surface area contributed by atoms with E-state index in [-0.39, 0.29) is 5.91 Å². The Morgan fingerprint density at radius 3 is 2.32 bits per heavy atom. The van der Waals surface area contributed by atoms with Crippen molar-refractivity contribution in [2.45, 2.75) is 19.9 Å². The summed E-state index contributed by atoms with van der Waals surface area (Å²) in [4.78, 5) is 17.1. The highest BCUT2D eigenvalue weighted by Crippen LogP contribution is 2.27. The molecule has 0 aromatic heterocycles. The molecule has 1 aliphatic heterocycles. The van der Waals surface area contributed by atoms with E-state index in [2.05, 4.69) is 44.6 Å². The smallest absolute Gasteiger partial charge is 0.241 e. The Kier molecular flexibility index (Phi) is 8.44. The third kappa shape index (κ3) is 6.80. The Bertz CT molecular complexity index is 878. The molecule has 0 radical (unpaired) electrons. The van der Waals surface area contributed by atoms with Crippen LogP contribution >= 0.6 is 0 Å². The molecular weight excluding hydrogens is 392 g/mol. The quantitative estimate of drug-likeness (QED) is 0.495. The van der Waals surface area contributed by atoms with Crippen LogP contribution in [-0.4, -0.2) is 68.4 Å². The molecule has 0 bridgehead atoms. The summed E-state index contributed by atoms with van der Waals surface area (Å²) in [6, 6.07) is 16.1. The highest BCUT2D eigenvalue weighted by Gasteiger charge is 2.17. The van der Waals surface area contributed by atoms with Crippen LogP contribution in [0, 0.1) is 0 Å². The molecule has 1 N–H and O–H groups in total. The number of nitrogens with one attached hydrogen (secondary N) is 1. The van der Waals surface area contributed by atoms with E-state index in [1.54, 1.807) is 14.2 Å². The Morgan fingerprint density at radius 1 is 0.968 bits per heavy atom. The summed E-state index contributed by atoms with van der Waals surface area (Å²) in [5.41, 5.74) is 5.59. The number of hydrogen-bond donors (Lipinski definition) is 1. The molecule has 31 heavy (non-hydrogen) atoms. The minimum atomic E-state index is -0.0773. The lowest BCUT2D eigenvalue weighted by molar-refractivity contribution is -0.121. The zero-order chi connectivity index (χ0) is 22.1. The van der Waals surface area contributed by atoms with Crippen LogP contribution in [0.3, 0.4) is 0 Å². The Labute approximate surface area is 184 Å². The molecule has 1 saturated heterocycles. The molecule has 0 spiro atoms. The fraction of sp³-hybridized carbons (Fsp3) is 0.417. The molecule has 0 saturated carbocycles. The van der Waals surface area contributed by atoms with E-state index in [9.17, 15) is 4.79 Å². The van der Waals surface area contributed by atoms with Crippen LogP contribution in [0.2, 0.25) is 0 Å². The van der Waals surface area contributed by atoms with Crippen molar-refractivity contribution in [1.29, 1.82) is 0 Å². The molecule has 0 unspecified atom stereocenters. The second-order valence-corrected chi connectivity index (χ2v) is 7.66. The molecule has 0 aliphatic carbocycles. The molecule has 1 aliphatic rings. The second kappa shape index (κ2) is 11.5. The molecule has 0 atom stereocenters. The zero-order valence-corrected chi connectivity index (χ0v) is 18.6. The van der Waals surface area contributed by atoms with E-state index < -0.39 is 0 Å². The van der Waals surface area contributed by atoms with Crippen molar-refractivity contribution in [3.8, 4) is 11.5 Å². The van der Waals surface area contributed by atoms with Gasteiger partial charge in [-0.05, 0) is 30.7 Å². The lowest BCUT2D eigenvalue weighted by atomic mass is 10.1. The van der Waals surface area contributed by atoms with Gasteiger partial charge in [-0.2, -0.15) is 5.10 Å². The van der Waals surface area contributed by atoms with Crippen LogP contribution in [0.4, 0.5) is 0 Å². The summed E-state index contributed by atoms with van der Waals surface area (Å²) in [6.07, 6.45) is 0.432. The van der Waals surface area contributed by atoms with Crippen molar-refractivity contribution in [3.63, 3.8) is 0 Å². The highest BCUT2D eigenvalue weighted by atomic mass is 16.5. The molecule has 7 heteroatoms. The van der Waals surface area contributed by atoms with Crippen LogP contribution in [0.1, 0.15) is 24.5 Å². The van der Waals surface area contributed by atoms with Crippen molar-refractivity contribution >= 4 is 11.6 Å². The van der Waals surface area contributed by atoms with Crippen LogP contribution in [0.5, 0.6) is 11.5 Å². The summed E-state index contributed by atoms with van der Waals surface area (Å²) in [7, 11) is 3.19. The van der Waals surface area contributed by atoms with Crippen LogP contribution < -0.4 is 14.9 Å². The van der Waals surface area contributed by atoms with Gasteiger partial charge in [0.15, 0.2) is 11.5 Å². The van der Waals surface area contributed by atoms with Crippen molar-refractivity contribution in [2.24, 2.45) is 5.10 Å². The van der Waals surface area contributed by atoms with Crippen molar-refractivity contribution in [1.82, 2.24) is 15.2 Å². The first-order valence-electron chi connectivity index (χ1n) is 10.6. The molecule has 166 valence electrons. The molecule has 7 nitrogen and oxygen atoms in total. The first kappa shape index (κ1) is 22.8. The lowest BCUT2D eigenvalue weighted by Crippen LogP contribution is -2.46. The normalized spacial score (nSPS) is 15.5. The number of piperazine rings is 1. The van der Waals surface area contributed by atoms with Crippen LogP contribution in [0.15, 0.2) is 53.6 Å². The lowest BCUT2D eigenvalue weighted by Gasteiger charge is -2.34. The summed E-state index contributed by atoms with van der Waals surface area (Å²) in [5.74, 6) is 1.21. The van der Waals surface area contributed by atoms with Gasteiger partial charge in [-0.1, -0.05) is 30.3 Å². The second-order valence-electron chi connectivity index (χ2n) is 7.66. The van der Waals surface area contributed by atoms with Gasteiger partial charge < -0.3 is 14.4 Å². The van der Waals surface area contributed by atoms with E-state index >= 15 is 0 Å². The number of carbonyl (C=O) groups is 1. The van der Waals surface area contributed by atoms with E-state index in [0.717, 1.165) is 44.8 Å². The fourth-order valence-electron chi connectivity index (χ4n) is 3.60. The van der Waals surface area contributed by atoms with Gasteiger partial charge in [0, 0.05) is 51.3 Å². The van der Waals surface area contributed by atoms with E-state index in [1.807, 2.05) is 31.2 Å². The predicted octanol–water partition coefficient (Wildman–Crippen LogP) is 2.75. The summed E-state index contributed by atoms with van der Waals surface area (Å²) in [6.45, 7) is 7.59. The van der Waals surface area contributed by atoms with Gasteiger partial charge in [-0.15, -0.1) is 0 Å². The zero-order valence-electron chi connectivity index (χ0n) is 18.6. The predicted molar refractivity (Wildman–Crippen MR) is 123 cm³/mol. The van der Waals surface area contributed by atoms with E-state index in [0.29, 0.717) is 23.6 Å². The number of hydrazone groups is 1. The number of carbonyl (C=O) groups excluding carboxylic acids is 1. The number of nitrogens with zero attached hydrogens (tertiary/aromatic N) is 3. The van der Waals surface area contributed by atoms with Crippen LogP contribution in [0.25, 0.3) is 0 Å². The number of amides is 1. The third-order valence-corrected chi connectivity index (χ3v) is 5.52. The van der Waals surface area contributed by atoms with Gasteiger partial charge in [-0.3, -0.25) is 9.69 Å². The Morgan fingerprint density at radius 2 is 1.65 bits per heavy atom. The van der Waals surface area contributed by atoms with Gasteiger partial charge >= 0.3 is 0 Å². The van der Waals surface area contributed by atoms with Gasteiger partial charge in [0.1, 0.15) is 0 Å². The van der Waals surface area contributed by atoms with Gasteiger partial charge in [0.05, 0.1) is 19.9 Å². The molecule has 2 aromatic rings. The Balaban J connectivity index is 1.40. The third-order valence-electron chi connectivity index (χ3n) is 5.52. The first-order chi connectivity index (χ1) is 15.1. The maximum absolute atomic E-state index is 12.3. The number of hydrogen-bond acceptors (Lipinski definition) is 6. The van der Waals surface area contributed by atoms with Crippen molar-refractivity contribution < 1.29 is 14.3 Å². The number of rotatable bonds is 9. The largest absolute Gasteiger partial charge is 0.493 e. The minimum absolute atomic E-state index is 0.0773. The first-order valence-corrected chi connectivity index (χ1v) is 10.6. The number of ether oxygens (including phenoxy) is 2. The standard InChI is InChI=1S/C24H32N4O3/c1-19(21-9-10-22(30-2)23(17-21)31-3)25-26-24(29)11-12-27-13-15-28(16-14-27)18-20-7-5-4-6-8-20/h4-10,17H,11-16,18H2,1-3H3,(H,26,29)/b25-19+. The van der Waals surface area contributed by atoms with Crippen molar-refractivity contribution in [2.75, 3.05) is 46.9 Å². The molecule has 3 rings (SSSR count). The average molecular weight is 425 g/mol. The maximum Gasteiger partial charge on any atom is 0.241 e. The summed E-state index contributed by atoms with van der Waals surface area (Å²) >= 11 is 0. The topological polar surface area (TPSA) is 66.4 Å². The molecule has 1 heterocycles. The average Bonchev–Trinajstić information content (AvgIpc) is 2.82. The van der Waals surface area contributed by atoms with E-state index in [4.69, 9.17) is 9.47 Å². The minimum Gasteiger partial charge on any atom is -0.493 e. The molecular formula is C24H32N4O3. The van der Waals surface area contributed by atoms with Gasteiger partial charge in [-0.25, -0.2) is 5.43 Å². The van der Waals surface area contributed by atoms with E-state index in [1.165, 1.54) is 5.56 Å². The van der Waals surface area contributed by atoms with Crippen LogP contribution in [-0.2, 0) is 11.3 Å². The number of benzene rings is 2. The molecule has 1 amide bonds. The number of methoxy groups -OCH3 is 2. The van der Waals surface area contributed by atoms with Crippen molar-refractivity contribution in [3.05, 3.63) is 59.7 Å². The van der Waals surface area contributed by atoms with Gasteiger partial charge in [0.25, 0.3) is 0 Å². The maximum atomic E-state index is 12.3.